The number of aromatic nitrogens is 2. The summed E-state index contributed by atoms with van der Waals surface area (Å²) in [7, 11) is 0. The van der Waals surface area contributed by atoms with Crippen LogP contribution in [0.4, 0.5) is 24.0 Å². The van der Waals surface area contributed by atoms with E-state index in [9.17, 15) is 13.2 Å². The molecule has 2 aromatic heterocycles. The fraction of sp³-hybridized carbons (Fsp3) is 0.250. The second-order valence-corrected chi connectivity index (χ2v) is 7.32. The molecule has 2 heterocycles. The van der Waals surface area contributed by atoms with Crippen LogP contribution in [-0.2, 0) is 6.42 Å². The van der Waals surface area contributed by atoms with Gasteiger partial charge in [-0.15, -0.1) is 22.7 Å². The zero-order chi connectivity index (χ0) is 17.3. The maximum absolute atomic E-state index is 12.7. The molecule has 3 nitrogen and oxygen atoms in total. The molecule has 0 aliphatic carbocycles. The van der Waals surface area contributed by atoms with Gasteiger partial charge < -0.3 is 5.32 Å². The molecular weight excluding hydrogens is 355 g/mol. The molecule has 3 rings (SSSR count). The molecule has 0 saturated heterocycles. The fourth-order valence-electron chi connectivity index (χ4n) is 2.33. The molecule has 8 heteroatoms. The Kier molecular flexibility index (Phi) is 4.60. The van der Waals surface area contributed by atoms with Gasteiger partial charge in [-0.1, -0.05) is 18.2 Å². The summed E-state index contributed by atoms with van der Waals surface area (Å²) in [5, 5.41) is 6.41. The first-order valence-electron chi connectivity index (χ1n) is 7.13. The van der Waals surface area contributed by atoms with Crippen molar-refractivity contribution in [3.63, 3.8) is 0 Å². The standard InChI is InChI=1S/C16H14F3N3S2/c1-9-14(24-10(2)20-9)13-8-23-15(22-13)21-12-6-4-3-5-11(12)7-16(17,18)19/h3-6,8H,7H2,1-2H3,(H,21,22). The summed E-state index contributed by atoms with van der Waals surface area (Å²) in [6.07, 6.45) is -5.22. The Hall–Kier alpha value is -1.93. The number of hydrogen-bond donors (Lipinski definition) is 1. The molecule has 0 bridgehead atoms. The highest BCUT2D eigenvalue weighted by atomic mass is 32.1. The highest BCUT2D eigenvalue weighted by Gasteiger charge is 2.28. The number of rotatable bonds is 4. The van der Waals surface area contributed by atoms with E-state index in [4.69, 9.17) is 0 Å². The van der Waals surface area contributed by atoms with Crippen LogP contribution in [0.1, 0.15) is 16.3 Å². The third-order valence-electron chi connectivity index (χ3n) is 3.29. The van der Waals surface area contributed by atoms with Gasteiger partial charge in [0.1, 0.15) is 0 Å². The van der Waals surface area contributed by atoms with Crippen LogP contribution >= 0.6 is 22.7 Å². The fourth-order valence-corrected chi connectivity index (χ4v) is 4.00. The Bertz CT molecular complexity index is 852. The lowest BCUT2D eigenvalue weighted by Gasteiger charge is -2.12. The number of anilines is 2. The van der Waals surface area contributed by atoms with Gasteiger partial charge in [-0.3, -0.25) is 0 Å². The van der Waals surface area contributed by atoms with E-state index in [1.165, 1.54) is 17.4 Å². The maximum Gasteiger partial charge on any atom is 0.393 e. The molecule has 0 fully saturated rings. The molecule has 0 atom stereocenters. The summed E-state index contributed by atoms with van der Waals surface area (Å²) in [5.74, 6) is 0. The number of alkyl halides is 3. The number of benzene rings is 1. The summed E-state index contributed by atoms with van der Waals surface area (Å²) < 4.78 is 38.1. The van der Waals surface area contributed by atoms with Crippen molar-refractivity contribution in [1.82, 2.24) is 9.97 Å². The molecule has 0 spiro atoms. The van der Waals surface area contributed by atoms with E-state index < -0.39 is 12.6 Å². The molecule has 0 unspecified atom stereocenters. The third-order valence-corrected chi connectivity index (χ3v) is 5.14. The number of nitrogens with one attached hydrogen (secondary N) is 1. The molecule has 0 aliphatic heterocycles. The summed E-state index contributed by atoms with van der Waals surface area (Å²) in [6, 6.07) is 6.40. The van der Waals surface area contributed by atoms with E-state index in [0.29, 0.717) is 10.8 Å². The van der Waals surface area contributed by atoms with Gasteiger partial charge in [-0.25, -0.2) is 9.97 Å². The summed E-state index contributed by atoms with van der Waals surface area (Å²) >= 11 is 2.91. The Morgan fingerprint density at radius 1 is 1.12 bits per heavy atom. The van der Waals surface area contributed by atoms with Crippen LogP contribution in [-0.4, -0.2) is 16.1 Å². The predicted octanol–water partition coefficient (Wildman–Crippen LogP) is 5.73. The molecule has 24 heavy (non-hydrogen) atoms. The number of halogens is 3. The second-order valence-electron chi connectivity index (χ2n) is 5.26. The average molecular weight is 369 g/mol. The minimum atomic E-state index is -4.25. The Morgan fingerprint density at radius 3 is 2.54 bits per heavy atom. The minimum Gasteiger partial charge on any atom is -0.331 e. The van der Waals surface area contributed by atoms with Gasteiger partial charge in [0.05, 0.1) is 27.7 Å². The van der Waals surface area contributed by atoms with Gasteiger partial charge >= 0.3 is 6.18 Å². The zero-order valence-corrected chi connectivity index (χ0v) is 14.6. The molecular formula is C16H14F3N3S2. The van der Waals surface area contributed by atoms with Gasteiger partial charge in [-0.2, -0.15) is 13.2 Å². The quantitative estimate of drug-likeness (QED) is 0.638. The maximum atomic E-state index is 12.7. The molecule has 0 amide bonds. The van der Waals surface area contributed by atoms with Crippen molar-refractivity contribution in [1.29, 1.82) is 0 Å². The van der Waals surface area contributed by atoms with E-state index in [0.717, 1.165) is 21.3 Å². The molecule has 1 aromatic carbocycles. The van der Waals surface area contributed by atoms with Gasteiger partial charge in [-0.05, 0) is 25.5 Å². The lowest BCUT2D eigenvalue weighted by molar-refractivity contribution is -0.127. The van der Waals surface area contributed by atoms with Gasteiger partial charge in [0.15, 0.2) is 5.13 Å². The number of para-hydroxylation sites is 1. The Labute approximate surface area is 145 Å². The van der Waals surface area contributed by atoms with E-state index in [1.54, 1.807) is 29.5 Å². The zero-order valence-electron chi connectivity index (χ0n) is 12.9. The van der Waals surface area contributed by atoms with Crippen LogP contribution in [0.25, 0.3) is 10.6 Å². The van der Waals surface area contributed by atoms with Crippen molar-refractivity contribution in [2.75, 3.05) is 5.32 Å². The predicted molar refractivity (Wildman–Crippen MR) is 92.2 cm³/mol. The largest absolute Gasteiger partial charge is 0.393 e. The van der Waals surface area contributed by atoms with Crippen molar-refractivity contribution in [3.8, 4) is 10.6 Å². The van der Waals surface area contributed by atoms with Crippen molar-refractivity contribution in [2.45, 2.75) is 26.4 Å². The Balaban J connectivity index is 1.84. The number of nitrogens with zero attached hydrogens (tertiary/aromatic N) is 2. The van der Waals surface area contributed by atoms with Crippen molar-refractivity contribution < 1.29 is 13.2 Å². The lowest BCUT2D eigenvalue weighted by Crippen LogP contribution is -2.12. The average Bonchev–Trinajstić information content (AvgIpc) is 3.06. The number of aryl methyl sites for hydroxylation is 2. The SMILES string of the molecule is Cc1nc(C)c(-c2csc(Nc3ccccc3CC(F)(F)F)n2)s1. The normalized spacial score (nSPS) is 11.7. The number of hydrogen-bond acceptors (Lipinski definition) is 5. The monoisotopic (exact) mass is 369 g/mol. The summed E-state index contributed by atoms with van der Waals surface area (Å²) in [6.45, 7) is 3.85. The van der Waals surface area contributed by atoms with Crippen molar-refractivity contribution in [2.24, 2.45) is 0 Å². The topological polar surface area (TPSA) is 37.8 Å². The molecule has 0 saturated carbocycles. The molecule has 126 valence electrons. The first kappa shape index (κ1) is 16.9. The van der Waals surface area contributed by atoms with E-state index >= 15 is 0 Å². The van der Waals surface area contributed by atoms with Gasteiger partial charge in [0.25, 0.3) is 0 Å². The van der Waals surface area contributed by atoms with E-state index in [1.807, 2.05) is 19.2 Å². The molecule has 0 radical (unpaired) electrons. The van der Waals surface area contributed by atoms with Crippen molar-refractivity contribution in [3.05, 3.63) is 45.9 Å². The van der Waals surface area contributed by atoms with Crippen LogP contribution in [0.5, 0.6) is 0 Å². The Morgan fingerprint density at radius 2 is 1.88 bits per heavy atom. The van der Waals surface area contributed by atoms with E-state index in [-0.39, 0.29) is 5.56 Å². The van der Waals surface area contributed by atoms with Crippen LogP contribution in [0.3, 0.4) is 0 Å². The van der Waals surface area contributed by atoms with Gasteiger partial charge in [0.2, 0.25) is 0 Å². The van der Waals surface area contributed by atoms with E-state index in [2.05, 4.69) is 15.3 Å². The van der Waals surface area contributed by atoms with Crippen LogP contribution in [0.2, 0.25) is 0 Å². The number of thiazole rings is 2. The summed E-state index contributed by atoms with van der Waals surface area (Å²) in [4.78, 5) is 9.84. The van der Waals surface area contributed by atoms with Crippen molar-refractivity contribution >= 4 is 33.5 Å². The molecule has 1 N–H and O–H groups in total. The second kappa shape index (κ2) is 6.52. The van der Waals surface area contributed by atoms with Gasteiger partial charge in [0, 0.05) is 11.1 Å². The highest BCUT2D eigenvalue weighted by Crippen LogP contribution is 2.34. The first-order valence-corrected chi connectivity index (χ1v) is 8.83. The minimum absolute atomic E-state index is 0.201. The van der Waals surface area contributed by atoms with Crippen LogP contribution < -0.4 is 5.32 Å². The third kappa shape index (κ3) is 3.93. The smallest absolute Gasteiger partial charge is 0.331 e. The molecule has 3 aromatic rings. The van der Waals surface area contributed by atoms with Crippen LogP contribution in [0.15, 0.2) is 29.6 Å². The molecule has 0 aliphatic rings. The lowest BCUT2D eigenvalue weighted by atomic mass is 10.1. The summed E-state index contributed by atoms with van der Waals surface area (Å²) in [5.41, 5.74) is 2.32. The highest BCUT2D eigenvalue weighted by molar-refractivity contribution is 7.16. The van der Waals surface area contributed by atoms with Crippen LogP contribution in [0, 0.1) is 13.8 Å². The first-order chi connectivity index (χ1) is 11.3.